The van der Waals surface area contributed by atoms with Crippen molar-refractivity contribution < 1.29 is 14.3 Å². The van der Waals surface area contributed by atoms with Crippen molar-refractivity contribution >= 4 is 17.5 Å². The van der Waals surface area contributed by atoms with Gasteiger partial charge in [0.05, 0.1) is 18.2 Å². The molecule has 0 aromatic heterocycles. The van der Waals surface area contributed by atoms with Crippen LogP contribution in [0.2, 0.25) is 5.02 Å². The lowest BCUT2D eigenvalue weighted by Gasteiger charge is -2.21. The highest BCUT2D eigenvalue weighted by Crippen LogP contribution is 2.38. The number of rotatable bonds is 3. The van der Waals surface area contributed by atoms with Crippen LogP contribution in [0, 0.1) is 5.92 Å². The van der Waals surface area contributed by atoms with Crippen LogP contribution in [0.15, 0.2) is 12.1 Å². The van der Waals surface area contributed by atoms with E-state index in [1.807, 2.05) is 12.1 Å². The standard InChI is InChI=1S/C17H22ClNO3/c18-14-9-12(10-15-16(14)22-8-4-7-21-15)11-19-17(20)13-5-2-1-3-6-13/h9-10,13H,1-8,11H2,(H,19,20). The zero-order valence-corrected chi connectivity index (χ0v) is 13.5. The van der Waals surface area contributed by atoms with E-state index in [9.17, 15) is 4.79 Å². The van der Waals surface area contributed by atoms with Gasteiger partial charge in [-0.3, -0.25) is 4.79 Å². The van der Waals surface area contributed by atoms with E-state index in [2.05, 4.69) is 5.32 Å². The quantitative estimate of drug-likeness (QED) is 0.922. The van der Waals surface area contributed by atoms with E-state index in [1.54, 1.807) is 0 Å². The van der Waals surface area contributed by atoms with Gasteiger partial charge in [-0.2, -0.15) is 0 Å². The van der Waals surface area contributed by atoms with Crippen LogP contribution in [0.4, 0.5) is 0 Å². The first-order chi connectivity index (χ1) is 10.7. The highest BCUT2D eigenvalue weighted by Gasteiger charge is 2.21. The molecular weight excluding hydrogens is 302 g/mol. The molecule has 5 heteroatoms. The third-order valence-corrected chi connectivity index (χ3v) is 4.59. The summed E-state index contributed by atoms with van der Waals surface area (Å²) >= 11 is 6.27. The molecule has 0 radical (unpaired) electrons. The van der Waals surface area contributed by atoms with Crippen LogP contribution in [0.25, 0.3) is 0 Å². The third kappa shape index (κ3) is 3.67. The minimum absolute atomic E-state index is 0.155. The monoisotopic (exact) mass is 323 g/mol. The third-order valence-electron chi connectivity index (χ3n) is 4.30. The molecule has 1 aromatic rings. The van der Waals surface area contributed by atoms with Gasteiger partial charge in [-0.25, -0.2) is 0 Å². The van der Waals surface area contributed by atoms with E-state index in [1.165, 1.54) is 6.42 Å². The summed E-state index contributed by atoms with van der Waals surface area (Å²) in [5.41, 5.74) is 0.943. The summed E-state index contributed by atoms with van der Waals surface area (Å²) in [6.45, 7) is 1.72. The number of ether oxygens (including phenoxy) is 2. The summed E-state index contributed by atoms with van der Waals surface area (Å²) in [7, 11) is 0. The topological polar surface area (TPSA) is 47.6 Å². The molecule has 4 nitrogen and oxygen atoms in total. The van der Waals surface area contributed by atoms with Crippen molar-refractivity contribution in [2.75, 3.05) is 13.2 Å². The molecule has 1 N–H and O–H groups in total. The number of fused-ring (bicyclic) bond motifs is 1. The fourth-order valence-corrected chi connectivity index (χ4v) is 3.37. The van der Waals surface area contributed by atoms with Gasteiger partial charge in [0, 0.05) is 18.9 Å². The van der Waals surface area contributed by atoms with Crippen LogP contribution in [0.3, 0.4) is 0 Å². The van der Waals surface area contributed by atoms with Gasteiger partial charge in [-0.1, -0.05) is 30.9 Å². The molecule has 0 saturated heterocycles. The van der Waals surface area contributed by atoms with Crippen LogP contribution in [-0.2, 0) is 11.3 Å². The first kappa shape index (κ1) is 15.5. The summed E-state index contributed by atoms with van der Waals surface area (Å²) in [6, 6.07) is 3.75. The number of amides is 1. The zero-order valence-electron chi connectivity index (χ0n) is 12.7. The molecule has 0 bridgehead atoms. The lowest BCUT2D eigenvalue weighted by molar-refractivity contribution is -0.126. The predicted molar refractivity (Wildman–Crippen MR) is 85.5 cm³/mol. The number of hydrogen-bond donors (Lipinski definition) is 1. The molecule has 0 spiro atoms. The highest BCUT2D eigenvalue weighted by molar-refractivity contribution is 6.32. The molecule has 1 fully saturated rings. The average Bonchev–Trinajstić information content (AvgIpc) is 2.79. The van der Waals surface area contributed by atoms with Crippen molar-refractivity contribution in [1.82, 2.24) is 5.32 Å². The lowest BCUT2D eigenvalue weighted by Crippen LogP contribution is -2.31. The van der Waals surface area contributed by atoms with Gasteiger partial charge in [-0.05, 0) is 30.5 Å². The molecular formula is C17H22ClNO3. The first-order valence-electron chi connectivity index (χ1n) is 8.10. The maximum Gasteiger partial charge on any atom is 0.223 e. The van der Waals surface area contributed by atoms with E-state index in [0.29, 0.717) is 36.3 Å². The van der Waals surface area contributed by atoms with Gasteiger partial charge in [-0.15, -0.1) is 0 Å². The molecule has 3 rings (SSSR count). The van der Waals surface area contributed by atoms with Crippen LogP contribution in [-0.4, -0.2) is 19.1 Å². The number of carbonyl (C=O) groups excluding carboxylic acids is 1. The van der Waals surface area contributed by atoms with E-state index < -0.39 is 0 Å². The Balaban J connectivity index is 1.64. The SMILES string of the molecule is O=C(NCc1cc(Cl)c2c(c1)OCCCO2)C1CCCCC1. The van der Waals surface area contributed by atoms with Crippen molar-refractivity contribution in [3.05, 3.63) is 22.7 Å². The maximum atomic E-state index is 12.2. The van der Waals surface area contributed by atoms with Crippen LogP contribution in [0.1, 0.15) is 44.1 Å². The fourth-order valence-electron chi connectivity index (χ4n) is 3.08. The molecule has 2 aliphatic rings. The first-order valence-corrected chi connectivity index (χ1v) is 8.47. The molecule has 120 valence electrons. The highest BCUT2D eigenvalue weighted by atomic mass is 35.5. The Morgan fingerprint density at radius 3 is 2.73 bits per heavy atom. The van der Waals surface area contributed by atoms with Crippen LogP contribution < -0.4 is 14.8 Å². The molecule has 1 aromatic carbocycles. The summed E-state index contributed by atoms with van der Waals surface area (Å²) < 4.78 is 11.3. The second-order valence-corrected chi connectivity index (χ2v) is 6.42. The van der Waals surface area contributed by atoms with Gasteiger partial charge in [0.2, 0.25) is 5.91 Å². The Morgan fingerprint density at radius 2 is 1.91 bits per heavy atom. The number of nitrogens with one attached hydrogen (secondary N) is 1. The molecule has 22 heavy (non-hydrogen) atoms. The lowest BCUT2D eigenvalue weighted by atomic mass is 9.88. The largest absolute Gasteiger partial charge is 0.489 e. The zero-order chi connectivity index (χ0) is 15.4. The van der Waals surface area contributed by atoms with E-state index in [-0.39, 0.29) is 11.8 Å². The average molecular weight is 324 g/mol. The van der Waals surface area contributed by atoms with Gasteiger partial charge < -0.3 is 14.8 Å². The van der Waals surface area contributed by atoms with Crippen LogP contribution in [0.5, 0.6) is 11.5 Å². The Morgan fingerprint density at radius 1 is 1.14 bits per heavy atom. The number of halogens is 1. The Hall–Kier alpha value is -1.42. The molecule has 0 unspecified atom stereocenters. The van der Waals surface area contributed by atoms with Crippen molar-refractivity contribution in [3.8, 4) is 11.5 Å². The van der Waals surface area contributed by atoms with E-state index >= 15 is 0 Å². The second kappa shape index (κ2) is 7.23. The van der Waals surface area contributed by atoms with Crippen LogP contribution >= 0.6 is 11.6 Å². The smallest absolute Gasteiger partial charge is 0.223 e. The number of benzene rings is 1. The second-order valence-electron chi connectivity index (χ2n) is 6.01. The molecule has 0 atom stereocenters. The maximum absolute atomic E-state index is 12.2. The summed E-state index contributed by atoms with van der Waals surface area (Å²) in [5, 5.41) is 3.57. The van der Waals surface area contributed by atoms with Crippen molar-refractivity contribution in [2.45, 2.75) is 45.1 Å². The summed E-state index contributed by atoms with van der Waals surface area (Å²) in [6.07, 6.45) is 6.43. The van der Waals surface area contributed by atoms with Crippen molar-refractivity contribution in [1.29, 1.82) is 0 Å². The molecule has 1 aliphatic heterocycles. The van der Waals surface area contributed by atoms with Crippen molar-refractivity contribution in [2.24, 2.45) is 5.92 Å². The minimum atomic E-state index is 0.155. The Labute approximate surface area is 136 Å². The van der Waals surface area contributed by atoms with Gasteiger partial charge in [0.25, 0.3) is 0 Å². The molecule has 1 amide bonds. The summed E-state index contributed by atoms with van der Waals surface area (Å²) in [4.78, 5) is 12.2. The van der Waals surface area contributed by atoms with E-state index in [0.717, 1.165) is 37.7 Å². The Bertz CT molecular complexity index is 541. The van der Waals surface area contributed by atoms with Crippen molar-refractivity contribution in [3.63, 3.8) is 0 Å². The number of carbonyl (C=O) groups is 1. The van der Waals surface area contributed by atoms with Gasteiger partial charge in [0.15, 0.2) is 11.5 Å². The molecule has 1 saturated carbocycles. The minimum Gasteiger partial charge on any atom is -0.489 e. The molecule has 1 aliphatic carbocycles. The van der Waals surface area contributed by atoms with E-state index in [4.69, 9.17) is 21.1 Å². The normalized spacial score (nSPS) is 18.6. The van der Waals surface area contributed by atoms with Gasteiger partial charge >= 0.3 is 0 Å². The van der Waals surface area contributed by atoms with Gasteiger partial charge in [0.1, 0.15) is 0 Å². The number of hydrogen-bond acceptors (Lipinski definition) is 3. The fraction of sp³-hybridized carbons (Fsp3) is 0.588. The summed E-state index contributed by atoms with van der Waals surface area (Å²) in [5.74, 6) is 1.61. The molecule has 1 heterocycles. The predicted octanol–water partition coefficient (Wildman–Crippen LogP) is 3.70. The Kier molecular flexibility index (Phi) is 5.08.